The predicted molar refractivity (Wildman–Crippen MR) is 77.2 cm³/mol. The highest BCUT2D eigenvalue weighted by atomic mass is 19.4. The van der Waals surface area contributed by atoms with Crippen LogP contribution in [0.5, 0.6) is 5.75 Å². The number of rotatable bonds is 5. The average Bonchev–Trinajstić information content (AvgIpc) is 2.40. The fourth-order valence-electron chi connectivity index (χ4n) is 1.56. The van der Waals surface area contributed by atoms with E-state index in [0.29, 0.717) is 5.56 Å². The van der Waals surface area contributed by atoms with Gasteiger partial charge in [-0.2, -0.15) is 13.2 Å². The molecular weight excluding hydrogens is 315 g/mol. The van der Waals surface area contributed by atoms with Gasteiger partial charge in [0.2, 0.25) is 0 Å². The molecule has 1 unspecified atom stereocenters. The number of halogens is 3. The molecule has 0 aliphatic carbocycles. The first-order valence-corrected chi connectivity index (χ1v) is 6.91. The van der Waals surface area contributed by atoms with Crippen molar-refractivity contribution < 1.29 is 32.5 Å². The van der Waals surface area contributed by atoms with Crippen LogP contribution in [0.4, 0.5) is 18.0 Å². The largest absolute Gasteiger partial charge is 0.484 e. The molecule has 1 amide bonds. The highest BCUT2D eigenvalue weighted by Gasteiger charge is 2.28. The Bertz CT molecular complexity index is 509. The predicted octanol–water partition coefficient (Wildman–Crippen LogP) is 3.19. The number of carbonyl (C=O) groups excluding carboxylic acids is 1. The SMILES string of the molecule is CC(C)(C)OC(=O)NCC(O)c1ccc(OCC(F)(F)F)cc1. The summed E-state index contributed by atoms with van der Waals surface area (Å²) in [7, 11) is 0. The van der Waals surface area contributed by atoms with E-state index >= 15 is 0 Å². The molecule has 0 fully saturated rings. The van der Waals surface area contributed by atoms with Gasteiger partial charge in [-0.1, -0.05) is 12.1 Å². The molecule has 0 saturated heterocycles. The summed E-state index contributed by atoms with van der Waals surface area (Å²) in [5.41, 5.74) is -0.215. The van der Waals surface area contributed by atoms with Gasteiger partial charge in [0.15, 0.2) is 6.61 Å². The number of amides is 1. The molecule has 130 valence electrons. The number of aliphatic hydroxyl groups is 1. The molecule has 1 aromatic carbocycles. The Morgan fingerprint density at radius 2 is 1.78 bits per heavy atom. The number of hydrogen-bond donors (Lipinski definition) is 2. The number of aliphatic hydroxyl groups excluding tert-OH is 1. The van der Waals surface area contributed by atoms with E-state index in [9.17, 15) is 23.1 Å². The van der Waals surface area contributed by atoms with Gasteiger partial charge in [0.05, 0.1) is 12.6 Å². The van der Waals surface area contributed by atoms with Gasteiger partial charge >= 0.3 is 12.3 Å². The van der Waals surface area contributed by atoms with Crippen molar-refractivity contribution in [2.75, 3.05) is 13.2 Å². The maximum Gasteiger partial charge on any atom is 0.422 e. The molecule has 8 heteroatoms. The molecule has 2 N–H and O–H groups in total. The Morgan fingerprint density at radius 3 is 2.26 bits per heavy atom. The van der Waals surface area contributed by atoms with E-state index in [-0.39, 0.29) is 12.3 Å². The summed E-state index contributed by atoms with van der Waals surface area (Å²) >= 11 is 0. The van der Waals surface area contributed by atoms with E-state index in [4.69, 9.17) is 4.74 Å². The van der Waals surface area contributed by atoms with E-state index in [1.165, 1.54) is 24.3 Å². The summed E-state index contributed by atoms with van der Waals surface area (Å²) in [6.07, 6.45) is -6.09. The zero-order valence-electron chi connectivity index (χ0n) is 13.1. The van der Waals surface area contributed by atoms with E-state index in [1.807, 2.05) is 0 Å². The molecule has 1 atom stereocenters. The normalized spacial score (nSPS) is 13.3. The first-order valence-electron chi connectivity index (χ1n) is 6.91. The molecule has 0 bridgehead atoms. The maximum absolute atomic E-state index is 12.0. The monoisotopic (exact) mass is 335 g/mol. The minimum Gasteiger partial charge on any atom is -0.484 e. The molecule has 0 aromatic heterocycles. The van der Waals surface area contributed by atoms with Crippen LogP contribution < -0.4 is 10.1 Å². The summed E-state index contributed by atoms with van der Waals surface area (Å²) in [6, 6.07) is 5.48. The molecule has 0 spiro atoms. The quantitative estimate of drug-likeness (QED) is 0.867. The lowest BCUT2D eigenvalue weighted by Crippen LogP contribution is -2.34. The number of nitrogens with one attached hydrogen (secondary N) is 1. The fourth-order valence-corrected chi connectivity index (χ4v) is 1.56. The third-order valence-electron chi connectivity index (χ3n) is 2.51. The Morgan fingerprint density at radius 1 is 1.22 bits per heavy atom. The summed E-state index contributed by atoms with van der Waals surface area (Å²) < 4.78 is 45.7. The molecule has 0 aliphatic rings. The number of ether oxygens (including phenoxy) is 2. The Kier molecular flexibility index (Phi) is 6.26. The number of hydrogen-bond acceptors (Lipinski definition) is 4. The van der Waals surface area contributed by atoms with Gasteiger partial charge in [-0.15, -0.1) is 0 Å². The minimum absolute atomic E-state index is 0.0402. The van der Waals surface area contributed by atoms with Crippen LogP contribution in [0.15, 0.2) is 24.3 Å². The standard InChI is InChI=1S/C15H20F3NO4/c1-14(2,3)23-13(21)19-8-12(20)10-4-6-11(7-5-10)22-9-15(16,17)18/h4-7,12,20H,8-9H2,1-3H3,(H,19,21). The summed E-state index contributed by atoms with van der Waals surface area (Å²) in [5, 5.41) is 12.3. The van der Waals surface area contributed by atoms with Gasteiger partial charge in [0.25, 0.3) is 0 Å². The molecule has 5 nitrogen and oxygen atoms in total. The van der Waals surface area contributed by atoms with Crippen LogP contribution in [0.2, 0.25) is 0 Å². The summed E-state index contributed by atoms with van der Waals surface area (Å²) in [4.78, 5) is 11.5. The Labute approximate surface area is 132 Å². The van der Waals surface area contributed by atoms with Crippen LogP contribution in [0, 0.1) is 0 Å². The van der Waals surface area contributed by atoms with Crippen molar-refractivity contribution in [2.24, 2.45) is 0 Å². The lowest BCUT2D eigenvalue weighted by atomic mass is 10.1. The lowest BCUT2D eigenvalue weighted by molar-refractivity contribution is -0.153. The van der Waals surface area contributed by atoms with Gasteiger partial charge < -0.3 is 19.9 Å². The van der Waals surface area contributed by atoms with Crippen LogP contribution in [-0.2, 0) is 4.74 Å². The van der Waals surface area contributed by atoms with Gasteiger partial charge in [-0.05, 0) is 38.5 Å². The third kappa shape index (κ3) is 8.29. The van der Waals surface area contributed by atoms with Crippen molar-refractivity contribution in [3.8, 4) is 5.75 Å². The van der Waals surface area contributed by atoms with Crippen LogP contribution in [-0.4, -0.2) is 36.1 Å². The van der Waals surface area contributed by atoms with Crippen LogP contribution >= 0.6 is 0 Å². The molecule has 0 radical (unpaired) electrons. The first-order chi connectivity index (χ1) is 10.5. The smallest absolute Gasteiger partial charge is 0.422 e. The molecule has 0 heterocycles. The third-order valence-corrected chi connectivity index (χ3v) is 2.51. The van der Waals surface area contributed by atoms with Gasteiger partial charge in [0, 0.05) is 0 Å². The van der Waals surface area contributed by atoms with Crippen molar-refractivity contribution in [1.29, 1.82) is 0 Å². The molecular formula is C15H20F3NO4. The number of benzene rings is 1. The van der Waals surface area contributed by atoms with Crippen LogP contribution in [0.25, 0.3) is 0 Å². The molecule has 0 aliphatic heterocycles. The summed E-state index contributed by atoms with van der Waals surface area (Å²) in [5.74, 6) is 0.0402. The number of alkyl carbamates (subject to hydrolysis) is 1. The molecule has 1 rings (SSSR count). The van der Waals surface area contributed by atoms with E-state index < -0.39 is 30.6 Å². The topological polar surface area (TPSA) is 67.8 Å². The molecule has 0 saturated carbocycles. The molecule has 1 aromatic rings. The first kappa shape index (κ1) is 19.1. The van der Waals surface area contributed by atoms with E-state index in [2.05, 4.69) is 10.1 Å². The number of carbonyl (C=O) groups is 1. The zero-order valence-corrected chi connectivity index (χ0v) is 13.1. The fraction of sp³-hybridized carbons (Fsp3) is 0.533. The second kappa shape index (κ2) is 7.54. The summed E-state index contributed by atoms with van der Waals surface area (Å²) in [6.45, 7) is 3.67. The van der Waals surface area contributed by atoms with E-state index in [0.717, 1.165) is 0 Å². The minimum atomic E-state index is -4.41. The second-order valence-corrected chi connectivity index (χ2v) is 5.87. The van der Waals surface area contributed by atoms with Crippen molar-refractivity contribution in [3.05, 3.63) is 29.8 Å². The zero-order chi connectivity index (χ0) is 17.7. The van der Waals surface area contributed by atoms with Gasteiger partial charge in [0.1, 0.15) is 11.4 Å². The highest BCUT2D eigenvalue weighted by molar-refractivity contribution is 5.67. The highest BCUT2D eigenvalue weighted by Crippen LogP contribution is 2.21. The molecule has 23 heavy (non-hydrogen) atoms. The Hall–Kier alpha value is -1.96. The van der Waals surface area contributed by atoms with Gasteiger partial charge in [-0.25, -0.2) is 4.79 Å². The van der Waals surface area contributed by atoms with Crippen molar-refractivity contribution in [1.82, 2.24) is 5.32 Å². The van der Waals surface area contributed by atoms with Crippen LogP contribution in [0.3, 0.4) is 0 Å². The lowest BCUT2D eigenvalue weighted by Gasteiger charge is -2.20. The van der Waals surface area contributed by atoms with Gasteiger partial charge in [-0.3, -0.25) is 0 Å². The van der Waals surface area contributed by atoms with Crippen molar-refractivity contribution in [3.63, 3.8) is 0 Å². The maximum atomic E-state index is 12.0. The van der Waals surface area contributed by atoms with Crippen molar-refractivity contribution in [2.45, 2.75) is 38.7 Å². The second-order valence-electron chi connectivity index (χ2n) is 5.87. The number of alkyl halides is 3. The average molecular weight is 335 g/mol. The van der Waals surface area contributed by atoms with E-state index in [1.54, 1.807) is 20.8 Å². The van der Waals surface area contributed by atoms with Crippen molar-refractivity contribution >= 4 is 6.09 Å². The Balaban J connectivity index is 2.48. The van der Waals surface area contributed by atoms with Crippen LogP contribution in [0.1, 0.15) is 32.4 Å².